The van der Waals surface area contributed by atoms with Gasteiger partial charge in [0.05, 0.1) is 17.8 Å². The van der Waals surface area contributed by atoms with Crippen LogP contribution in [0.15, 0.2) is 59.1 Å². The second-order valence-corrected chi connectivity index (χ2v) is 7.41. The zero-order valence-electron chi connectivity index (χ0n) is 17.1. The Morgan fingerprint density at radius 3 is 2.45 bits per heavy atom. The third kappa shape index (κ3) is 5.32. The van der Waals surface area contributed by atoms with E-state index in [0.717, 1.165) is 11.1 Å². The Hall–Kier alpha value is -3.39. The molecule has 0 unspecified atom stereocenters. The van der Waals surface area contributed by atoms with E-state index in [9.17, 15) is 4.79 Å². The topological polar surface area (TPSA) is 70.1 Å². The molecule has 0 atom stereocenters. The quantitative estimate of drug-likeness (QED) is 0.579. The first-order valence-electron chi connectivity index (χ1n) is 9.76. The third-order valence-electron chi connectivity index (χ3n) is 4.82. The molecule has 148 valence electrons. The van der Waals surface area contributed by atoms with Crippen LogP contribution >= 0.6 is 0 Å². The SMILES string of the molecule is Cc1ccc(-c2cnc(CCC(=O)N(Cc3ccc(C#N)cc3)C(C)C)o2)cc1. The second kappa shape index (κ2) is 9.20. The molecule has 0 fully saturated rings. The van der Waals surface area contributed by atoms with Crippen molar-refractivity contribution in [1.29, 1.82) is 5.26 Å². The Bertz CT molecular complexity index is 996. The number of amides is 1. The molecule has 5 nitrogen and oxygen atoms in total. The monoisotopic (exact) mass is 387 g/mol. The zero-order valence-corrected chi connectivity index (χ0v) is 17.1. The van der Waals surface area contributed by atoms with E-state index in [2.05, 4.69) is 11.1 Å². The van der Waals surface area contributed by atoms with Gasteiger partial charge in [0.2, 0.25) is 5.91 Å². The number of oxazole rings is 1. The van der Waals surface area contributed by atoms with E-state index in [-0.39, 0.29) is 11.9 Å². The van der Waals surface area contributed by atoms with Crippen LogP contribution in [0.2, 0.25) is 0 Å². The number of carbonyl (C=O) groups is 1. The van der Waals surface area contributed by atoms with Crippen molar-refractivity contribution >= 4 is 5.91 Å². The summed E-state index contributed by atoms with van der Waals surface area (Å²) in [6.07, 6.45) is 2.50. The minimum Gasteiger partial charge on any atom is -0.441 e. The van der Waals surface area contributed by atoms with Crippen molar-refractivity contribution in [2.24, 2.45) is 0 Å². The summed E-state index contributed by atoms with van der Waals surface area (Å²) in [6.45, 7) is 6.56. The van der Waals surface area contributed by atoms with Gasteiger partial charge in [-0.15, -0.1) is 0 Å². The molecule has 1 heterocycles. The van der Waals surface area contributed by atoms with Crippen molar-refractivity contribution < 1.29 is 9.21 Å². The maximum absolute atomic E-state index is 12.8. The molecule has 0 saturated carbocycles. The van der Waals surface area contributed by atoms with Gasteiger partial charge in [0.25, 0.3) is 0 Å². The smallest absolute Gasteiger partial charge is 0.223 e. The van der Waals surface area contributed by atoms with Crippen molar-refractivity contribution in [2.45, 2.75) is 46.2 Å². The lowest BCUT2D eigenvalue weighted by molar-refractivity contribution is -0.133. The van der Waals surface area contributed by atoms with Crippen LogP contribution in [0.1, 0.15) is 42.8 Å². The largest absolute Gasteiger partial charge is 0.441 e. The normalized spacial score (nSPS) is 10.7. The summed E-state index contributed by atoms with van der Waals surface area (Å²) in [7, 11) is 0. The lowest BCUT2D eigenvalue weighted by atomic mass is 10.1. The molecule has 0 aliphatic carbocycles. The highest BCUT2D eigenvalue weighted by Gasteiger charge is 2.18. The van der Waals surface area contributed by atoms with Crippen LogP contribution in [0.4, 0.5) is 0 Å². The summed E-state index contributed by atoms with van der Waals surface area (Å²) >= 11 is 0. The fourth-order valence-corrected chi connectivity index (χ4v) is 3.07. The van der Waals surface area contributed by atoms with Crippen molar-refractivity contribution in [3.05, 3.63) is 77.3 Å². The molecule has 0 aliphatic rings. The first-order valence-corrected chi connectivity index (χ1v) is 9.76. The van der Waals surface area contributed by atoms with Gasteiger partial charge in [0, 0.05) is 31.0 Å². The van der Waals surface area contributed by atoms with Gasteiger partial charge >= 0.3 is 0 Å². The molecule has 29 heavy (non-hydrogen) atoms. The lowest BCUT2D eigenvalue weighted by Gasteiger charge is -2.27. The summed E-state index contributed by atoms with van der Waals surface area (Å²) in [5, 5.41) is 8.92. The fraction of sp³-hybridized carbons (Fsp3) is 0.292. The predicted molar refractivity (Wildman–Crippen MR) is 112 cm³/mol. The van der Waals surface area contributed by atoms with Crippen molar-refractivity contribution in [1.82, 2.24) is 9.88 Å². The van der Waals surface area contributed by atoms with Gasteiger partial charge in [-0.05, 0) is 38.5 Å². The number of benzene rings is 2. The number of aromatic nitrogens is 1. The van der Waals surface area contributed by atoms with Gasteiger partial charge in [-0.3, -0.25) is 4.79 Å². The van der Waals surface area contributed by atoms with Crippen LogP contribution in [-0.4, -0.2) is 21.8 Å². The molecule has 0 N–H and O–H groups in total. The number of hydrogen-bond acceptors (Lipinski definition) is 4. The van der Waals surface area contributed by atoms with Gasteiger partial charge in [-0.2, -0.15) is 5.26 Å². The molecule has 0 spiro atoms. The number of nitriles is 1. The summed E-state index contributed by atoms with van der Waals surface area (Å²) < 4.78 is 5.83. The standard InChI is InChI=1S/C24H25N3O2/c1-17(2)27(16-20-8-6-19(14-25)7-9-20)24(28)13-12-23-26-15-22(29-23)21-10-4-18(3)5-11-21/h4-11,15,17H,12-13,16H2,1-3H3. The molecule has 3 rings (SSSR count). The maximum atomic E-state index is 12.8. The van der Waals surface area contributed by atoms with E-state index in [1.165, 1.54) is 5.56 Å². The lowest BCUT2D eigenvalue weighted by Crippen LogP contribution is -2.36. The average molecular weight is 387 g/mol. The second-order valence-electron chi connectivity index (χ2n) is 7.41. The third-order valence-corrected chi connectivity index (χ3v) is 4.82. The van der Waals surface area contributed by atoms with Gasteiger partial charge in [0.1, 0.15) is 0 Å². The first-order chi connectivity index (χ1) is 14.0. The zero-order chi connectivity index (χ0) is 20.8. The van der Waals surface area contributed by atoms with Crippen molar-refractivity contribution in [2.75, 3.05) is 0 Å². The molecule has 0 aliphatic heterocycles. The Morgan fingerprint density at radius 1 is 1.14 bits per heavy atom. The van der Waals surface area contributed by atoms with E-state index >= 15 is 0 Å². The van der Waals surface area contributed by atoms with Crippen LogP contribution in [0, 0.1) is 18.3 Å². The van der Waals surface area contributed by atoms with Crippen LogP contribution in [0.25, 0.3) is 11.3 Å². The molecular formula is C24H25N3O2. The number of hydrogen-bond donors (Lipinski definition) is 0. The van der Waals surface area contributed by atoms with Crippen LogP contribution in [-0.2, 0) is 17.8 Å². The van der Waals surface area contributed by atoms with Crippen molar-refractivity contribution in [3.63, 3.8) is 0 Å². The van der Waals surface area contributed by atoms with E-state index in [4.69, 9.17) is 9.68 Å². The average Bonchev–Trinajstić information content (AvgIpc) is 3.20. The summed E-state index contributed by atoms with van der Waals surface area (Å²) in [5.74, 6) is 1.33. The van der Waals surface area contributed by atoms with Crippen LogP contribution in [0.3, 0.4) is 0 Å². The highest BCUT2D eigenvalue weighted by atomic mass is 16.4. The van der Waals surface area contributed by atoms with Crippen molar-refractivity contribution in [3.8, 4) is 17.4 Å². The molecule has 0 radical (unpaired) electrons. The Kier molecular flexibility index (Phi) is 6.46. The number of aryl methyl sites for hydroxylation is 2. The minimum atomic E-state index is 0.0550. The van der Waals surface area contributed by atoms with E-state index < -0.39 is 0 Å². The molecule has 2 aromatic carbocycles. The van der Waals surface area contributed by atoms with E-state index in [1.54, 1.807) is 18.3 Å². The Labute approximate surface area is 171 Å². The predicted octanol–water partition coefficient (Wildman–Crippen LogP) is 4.89. The van der Waals surface area contributed by atoms with E-state index in [1.807, 2.05) is 62.1 Å². The van der Waals surface area contributed by atoms with Gasteiger partial charge < -0.3 is 9.32 Å². The number of rotatable bonds is 7. The minimum absolute atomic E-state index is 0.0550. The van der Waals surface area contributed by atoms with E-state index in [0.29, 0.717) is 36.6 Å². The summed E-state index contributed by atoms with van der Waals surface area (Å²) in [4.78, 5) is 19.0. The van der Waals surface area contributed by atoms with Gasteiger partial charge in [-0.1, -0.05) is 42.0 Å². The van der Waals surface area contributed by atoms with Crippen LogP contribution in [0.5, 0.6) is 0 Å². The molecule has 0 bridgehead atoms. The highest BCUT2D eigenvalue weighted by Crippen LogP contribution is 2.21. The summed E-state index contributed by atoms with van der Waals surface area (Å²) in [5.41, 5.74) is 3.79. The fourth-order valence-electron chi connectivity index (χ4n) is 3.07. The molecule has 3 aromatic rings. The number of carbonyl (C=O) groups excluding carboxylic acids is 1. The van der Waals surface area contributed by atoms with Gasteiger partial charge in [0.15, 0.2) is 11.7 Å². The maximum Gasteiger partial charge on any atom is 0.223 e. The molecule has 0 saturated heterocycles. The Balaban J connectivity index is 1.61. The summed E-state index contributed by atoms with van der Waals surface area (Å²) in [6, 6.07) is 17.6. The number of nitrogens with zero attached hydrogens (tertiary/aromatic N) is 3. The Morgan fingerprint density at radius 2 is 1.83 bits per heavy atom. The van der Waals surface area contributed by atoms with Gasteiger partial charge in [-0.25, -0.2) is 4.98 Å². The molecular weight excluding hydrogens is 362 g/mol. The molecule has 1 aromatic heterocycles. The molecule has 1 amide bonds. The highest BCUT2D eigenvalue weighted by molar-refractivity contribution is 5.76. The van der Waals surface area contributed by atoms with Crippen LogP contribution < -0.4 is 0 Å². The first kappa shape index (κ1) is 20.3. The molecule has 5 heteroatoms.